The summed E-state index contributed by atoms with van der Waals surface area (Å²) in [5, 5.41) is 0. The smallest absolute Gasteiger partial charge is 0.132 e. The molecule has 1 aromatic carbocycles. The molecule has 100 valence electrons. The normalized spacial score (nSPS) is 18.1. The highest BCUT2D eigenvalue weighted by molar-refractivity contribution is 5.44. The topological polar surface area (TPSA) is 0 Å². The number of likely N-dealkylation sites (tertiary alicyclic amines) is 1. The molecule has 1 fully saturated rings. The Kier molecular flexibility index (Phi) is 4.82. The first-order chi connectivity index (χ1) is 8.77. The summed E-state index contributed by atoms with van der Waals surface area (Å²) < 4.78 is 1.25. The summed E-state index contributed by atoms with van der Waals surface area (Å²) in [6.45, 7) is 8.53. The van der Waals surface area contributed by atoms with E-state index in [9.17, 15) is 0 Å². The van der Waals surface area contributed by atoms with E-state index in [0.717, 1.165) is 0 Å². The predicted molar refractivity (Wildman–Crippen MR) is 81.0 cm³/mol. The van der Waals surface area contributed by atoms with Crippen molar-refractivity contribution < 1.29 is 0 Å². The van der Waals surface area contributed by atoms with Crippen molar-refractivity contribution in [1.29, 1.82) is 0 Å². The lowest BCUT2D eigenvalue weighted by Crippen LogP contribution is -2.47. The van der Waals surface area contributed by atoms with Crippen LogP contribution in [0.25, 0.3) is 0 Å². The summed E-state index contributed by atoms with van der Waals surface area (Å²) >= 11 is 0. The molecule has 1 aliphatic heterocycles. The second kappa shape index (κ2) is 6.38. The maximum atomic E-state index is 2.36. The van der Waals surface area contributed by atoms with Gasteiger partial charge in [0.05, 0.1) is 19.6 Å². The van der Waals surface area contributed by atoms with Crippen molar-refractivity contribution in [2.75, 3.05) is 19.6 Å². The maximum Gasteiger partial charge on any atom is 0.132 e. The Labute approximate surface area is 112 Å². The fraction of sp³-hybridized carbons (Fsp3) is 0.647. The van der Waals surface area contributed by atoms with E-state index < -0.39 is 0 Å². The number of aryl methyl sites for hydroxylation is 1. The maximum absolute atomic E-state index is 2.36. The van der Waals surface area contributed by atoms with Gasteiger partial charge in [0.25, 0.3) is 0 Å². The minimum absolute atomic E-state index is 1.25. The van der Waals surface area contributed by atoms with Crippen molar-refractivity contribution in [2.45, 2.75) is 52.4 Å². The number of rotatable bonds is 6. The lowest BCUT2D eigenvalue weighted by molar-refractivity contribution is 0.323. The first-order valence-corrected chi connectivity index (χ1v) is 7.70. The van der Waals surface area contributed by atoms with E-state index in [2.05, 4.69) is 38.1 Å². The molecular weight excluding hydrogens is 218 g/mol. The molecule has 1 aliphatic rings. The van der Waals surface area contributed by atoms with Gasteiger partial charge in [0.1, 0.15) is 5.69 Å². The van der Waals surface area contributed by atoms with Gasteiger partial charge in [0, 0.05) is 12.8 Å². The van der Waals surface area contributed by atoms with E-state index in [0.29, 0.717) is 0 Å². The number of benzene rings is 1. The molecule has 1 saturated heterocycles. The van der Waals surface area contributed by atoms with E-state index in [4.69, 9.17) is 0 Å². The molecule has 0 amide bonds. The van der Waals surface area contributed by atoms with Crippen LogP contribution < -0.4 is 4.48 Å². The molecule has 0 atom stereocenters. The molecule has 1 aromatic rings. The van der Waals surface area contributed by atoms with Gasteiger partial charge < -0.3 is 0 Å². The average Bonchev–Trinajstić information content (AvgIpc) is 2.85. The molecule has 1 heterocycles. The zero-order chi connectivity index (χ0) is 12.8. The molecule has 0 N–H and O–H groups in total. The minimum atomic E-state index is 1.25. The van der Waals surface area contributed by atoms with Gasteiger partial charge in [-0.3, -0.25) is 4.48 Å². The molecule has 0 unspecified atom stereocenters. The van der Waals surface area contributed by atoms with E-state index in [-0.39, 0.29) is 0 Å². The molecule has 0 radical (unpaired) electrons. The molecule has 18 heavy (non-hydrogen) atoms. The standard InChI is InChI=1S/C17H28N/c1-3-4-5-6-13-18(14-7-8-15-18)17-11-9-16(2)10-12-17/h9-12H,3-8,13-15H2,1-2H3/q+1. The van der Waals surface area contributed by atoms with Crippen LogP contribution in [0.15, 0.2) is 24.3 Å². The highest BCUT2D eigenvalue weighted by atomic mass is 15.4. The van der Waals surface area contributed by atoms with Crippen molar-refractivity contribution in [3.8, 4) is 0 Å². The van der Waals surface area contributed by atoms with Gasteiger partial charge in [-0.2, -0.15) is 0 Å². The Morgan fingerprint density at radius 1 is 0.944 bits per heavy atom. The summed E-state index contributed by atoms with van der Waals surface area (Å²) in [7, 11) is 0. The van der Waals surface area contributed by atoms with Gasteiger partial charge in [0.2, 0.25) is 0 Å². The number of nitrogens with zero attached hydrogens (tertiary/aromatic N) is 1. The van der Waals surface area contributed by atoms with Crippen LogP contribution in [0.5, 0.6) is 0 Å². The van der Waals surface area contributed by atoms with Gasteiger partial charge in [-0.1, -0.05) is 37.5 Å². The number of hydrogen-bond donors (Lipinski definition) is 0. The Morgan fingerprint density at radius 3 is 2.22 bits per heavy atom. The summed E-state index contributed by atoms with van der Waals surface area (Å²) in [5.74, 6) is 0. The van der Waals surface area contributed by atoms with E-state index >= 15 is 0 Å². The Balaban J connectivity index is 2.04. The number of quaternary nitrogens is 1. The highest BCUT2D eigenvalue weighted by Crippen LogP contribution is 2.30. The quantitative estimate of drug-likeness (QED) is 0.505. The molecular formula is C17H28N+. The second-order valence-electron chi connectivity index (χ2n) is 5.92. The zero-order valence-corrected chi connectivity index (χ0v) is 12.1. The second-order valence-corrected chi connectivity index (χ2v) is 5.92. The third-order valence-electron chi connectivity index (χ3n) is 4.44. The van der Waals surface area contributed by atoms with Crippen LogP contribution in [0.3, 0.4) is 0 Å². The van der Waals surface area contributed by atoms with Crippen LogP contribution in [0.1, 0.15) is 51.0 Å². The fourth-order valence-corrected chi connectivity index (χ4v) is 3.25. The monoisotopic (exact) mass is 246 g/mol. The van der Waals surface area contributed by atoms with Crippen LogP contribution in [0.4, 0.5) is 5.69 Å². The Bertz CT molecular complexity index is 346. The van der Waals surface area contributed by atoms with Gasteiger partial charge in [-0.25, -0.2) is 0 Å². The number of hydrogen-bond acceptors (Lipinski definition) is 0. The highest BCUT2D eigenvalue weighted by Gasteiger charge is 2.33. The molecule has 0 bridgehead atoms. The van der Waals surface area contributed by atoms with Gasteiger partial charge in [-0.05, 0) is 31.9 Å². The minimum Gasteiger partial charge on any atom is -0.291 e. The lowest BCUT2D eigenvalue weighted by atomic mass is 10.1. The molecule has 0 saturated carbocycles. The van der Waals surface area contributed by atoms with Crippen molar-refractivity contribution in [2.24, 2.45) is 0 Å². The molecule has 0 aromatic heterocycles. The van der Waals surface area contributed by atoms with Gasteiger partial charge in [0.15, 0.2) is 0 Å². The first kappa shape index (κ1) is 13.6. The van der Waals surface area contributed by atoms with Crippen LogP contribution in [-0.2, 0) is 0 Å². The van der Waals surface area contributed by atoms with Gasteiger partial charge >= 0.3 is 0 Å². The summed E-state index contributed by atoms with van der Waals surface area (Å²) in [6, 6.07) is 9.28. The Morgan fingerprint density at radius 2 is 1.61 bits per heavy atom. The van der Waals surface area contributed by atoms with Crippen LogP contribution >= 0.6 is 0 Å². The summed E-state index contributed by atoms with van der Waals surface area (Å²) in [4.78, 5) is 0. The van der Waals surface area contributed by atoms with E-state index in [1.54, 1.807) is 5.69 Å². The predicted octanol–water partition coefficient (Wildman–Crippen LogP) is 4.68. The SMILES string of the molecule is CCCCCC[N+]1(c2ccc(C)cc2)CCCC1. The number of unbranched alkanes of at least 4 members (excludes halogenated alkanes) is 3. The first-order valence-electron chi connectivity index (χ1n) is 7.70. The lowest BCUT2D eigenvalue weighted by Gasteiger charge is -2.34. The van der Waals surface area contributed by atoms with E-state index in [1.807, 2.05) is 0 Å². The van der Waals surface area contributed by atoms with E-state index in [1.165, 1.54) is 68.2 Å². The molecule has 0 aliphatic carbocycles. The van der Waals surface area contributed by atoms with Crippen molar-refractivity contribution in [3.05, 3.63) is 29.8 Å². The molecule has 1 nitrogen and oxygen atoms in total. The van der Waals surface area contributed by atoms with Crippen molar-refractivity contribution in [3.63, 3.8) is 0 Å². The van der Waals surface area contributed by atoms with Crippen molar-refractivity contribution in [1.82, 2.24) is 4.48 Å². The van der Waals surface area contributed by atoms with Crippen LogP contribution in [0.2, 0.25) is 0 Å². The molecule has 1 heteroatoms. The average molecular weight is 246 g/mol. The largest absolute Gasteiger partial charge is 0.291 e. The third kappa shape index (κ3) is 3.14. The third-order valence-corrected chi connectivity index (χ3v) is 4.44. The van der Waals surface area contributed by atoms with Crippen LogP contribution in [0, 0.1) is 6.92 Å². The van der Waals surface area contributed by atoms with Crippen LogP contribution in [-0.4, -0.2) is 19.6 Å². The fourth-order valence-electron chi connectivity index (χ4n) is 3.25. The summed E-state index contributed by atoms with van der Waals surface area (Å²) in [5.41, 5.74) is 2.93. The molecule has 0 spiro atoms. The van der Waals surface area contributed by atoms with Crippen molar-refractivity contribution >= 4 is 5.69 Å². The Hall–Kier alpha value is -0.820. The summed E-state index contributed by atoms with van der Waals surface area (Å²) in [6.07, 6.45) is 8.34. The van der Waals surface area contributed by atoms with Gasteiger partial charge in [-0.15, -0.1) is 0 Å². The zero-order valence-electron chi connectivity index (χ0n) is 12.1. The molecule has 2 rings (SSSR count).